The van der Waals surface area contributed by atoms with Crippen LogP contribution in [0.1, 0.15) is 21.9 Å². The summed E-state index contributed by atoms with van der Waals surface area (Å²) < 4.78 is 7.65. The fourth-order valence-electron chi connectivity index (χ4n) is 2.55. The fraction of sp³-hybridized carbons (Fsp3) is 0.211. The first-order valence-electron chi connectivity index (χ1n) is 8.46. The number of nitrogens with zero attached hydrogens (tertiary/aromatic N) is 2. The van der Waals surface area contributed by atoms with E-state index in [1.165, 1.54) is 11.6 Å². The van der Waals surface area contributed by atoms with E-state index in [-0.39, 0.29) is 18.2 Å². The van der Waals surface area contributed by atoms with Gasteiger partial charge in [0.25, 0.3) is 5.91 Å². The zero-order valence-corrected chi connectivity index (χ0v) is 16.1. The van der Waals surface area contributed by atoms with E-state index in [0.717, 1.165) is 12.4 Å². The van der Waals surface area contributed by atoms with Crippen molar-refractivity contribution in [3.63, 3.8) is 0 Å². The second-order valence-electron chi connectivity index (χ2n) is 5.84. The molecule has 3 rings (SSSR count). The maximum atomic E-state index is 11.9. The fourth-order valence-corrected chi connectivity index (χ4v) is 2.86. The number of hydrogen-bond donors (Lipinski definition) is 2. The van der Waals surface area contributed by atoms with E-state index in [9.17, 15) is 9.59 Å². The minimum Gasteiger partial charge on any atom is -0.444 e. The average molecular weight is 431 g/mol. The van der Waals surface area contributed by atoms with Crippen molar-refractivity contribution in [2.24, 2.45) is 0 Å². The summed E-state index contributed by atoms with van der Waals surface area (Å²) in [6.07, 6.45) is 4.28. The normalized spacial score (nSPS) is 10.6. The van der Waals surface area contributed by atoms with Crippen molar-refractivity contribution in [2.75, 3.05) is 13.1 Å². The molecule has 7 nitrogen and oxygen atoms in total. The summed E-state index contributed by atoms with van der Waals surface area (Å²) in [7, 11) is 0. The Morgan fingerprint density at radius 2 is 1.93 bits per heavy atom. The zero-order chi connectivity index (χ0) is 19.1. The van der Waals surface area contributed by atoms with Crippen molar-refractivity contribution < 1.29 is 14.0 Å². The topological polar surface area (TPSA) is 89.2 Å². The van der Waals surface area contributed by atoms with E-state index in [0.29, 0.717) is 17.6 Å². The number of rotatable bonds is 8. The standard InChI is InChI=1S/C19H19BrN4O3/c20-16-7-6-15(27-16)19(26)23-12-18(25)22-9-8-17-21-10-11-24(17)13-14-4-2-1-3-5-14/h1-7,10-11H,8-9,12-13H2,(H,22,25)(H,23,26). The van der Waals surface area contributed by atoms with Crippen LogP contribution < -0.4 is 10.6 Å². The van der Waals surface area contributed by atoms with Crippen LogP contribution in [0.25, 0.3) is 0 Å². The third-order valence-corrected chi connectivity index (χ3v) is 4.30. The molecule has 2 aromatic heterocycles. The predicted molar refractivity (Wildman–Crippen MR) is 103 cm³/mol. The largest absolute Gasteiger partial charge is 0.444 e. The first-order valence-corrected chi connectivity index (χ1v) is 9.25. The average Bonchev–Trinajstić information content (AvgIpc) is 3.30. The van der Waals surface area contributed by atoms with Gasteiger partial charge in [0.1, 0.15) is 5.82 Å². The van der Waals surface area contributed by atoms with E-state index < -0.39 is 5.91 Å². The van der Waals surface area contributed by atoms with Gasteiger partial charge in [-0.05, 0) is 33.6 Å². The summed E-state index contributed by atoms with van der Waals surface area (Å²) in [6, 6.07) is 13.3. The molecular formula is C19H19BrN4O3. The molecule has 0 unspecified atom stereocenters. The summed E-state index contributed by atoms with van der Waals surface area (Å²) >= 11 is 3.13. The number of aromatic nitrogens is 2. The van der Waals surface area contributed by atoms with Gasteiger partial charge in [0.2, 0.25) is 5.91 Å². The second kappa shape index (κ2) is 9.18. The maximum Gasteiger partial charge on any atom is 0.287 e. The number of benzene rings is 1. The molecule has 0 saturated carbocycles. The summed E-state index contributed by atoms with van der Waals surface area (Å²) in [5, 5.41) is 5.29. The number of imidazole rings is 1. The summed E-state index contributed by atoms with van der Waals surface area (Å²) in [6.45, 7) is 1.06. The van der Waals surface area contributed by atoms with E-state index in [1.807, 2.05) is 24.4 Å². The number of nitrogens with one attached hydrogen (secondary N) is 2. The van der Waals surface area contributed by atoms with Crippen molar-refractivity contribution >= 4 is 27.7 Å². The molecule has 8 heteroatoms. The van der Waals surface area contributed by atoms with Gasteiger partial charge in [0.05, 0.1) is 6.54 Å². The molecule has 2 amide bonds. The minimum absolute atomic E-state index is 0.115. The van der Waals surface area contributed by atoms with E-state index in [4.69, 9.17) is 4.42 Å². The molecule has 3 aromatic rings. The highest BCUT2D eigenvalue weighted by Gasteiger charge is 2.12. The summed E-state index contributed by atoms with van der Waals surface area (Å²) in [5.74, 6) is 0.339. The van der Waals surface area contributed by atoms with Crippen molar-refractivity contribution in [3.05, 3.63) is 76.7 Å². The smallest absolute Gasteiger partial charge is 0.287 e. The van der Waals surface area contributed by atoms with E-state index in [2.05, 4.69) is 48.2 Å². The Bertz CT molecular complexity index is 905. The first kappa shape index (κ1) is 18.9. The SMILES string of the molecule is O=C(CNC(=O)c1ccc(Br)o1)NCCc1nccn1Cc1ccccc1. The van der Waals surface area contributed by atoms with Gasteiger partial charge < -0.3 is 19.6 Å². The monoisotopic (exact) mass is 430 g/mol. The molecule has 0 bridgehead atoms. The van der Waals surface area contributed by atoms with Crippen molar-refractivity contribution in [3.8, 4) is 0 Å². The van der Waals surface area contributed by atoms with E-state index in [1.54, 1.807) is 12.3 Å². The third-order valence-electron chi connectivity index (χ3n) is 3.87. The van der Waals surface area contributed by atoms with Crippen LogP contribution in [0.2, 0.25) is 0 Å². The van der Waals surface area contributed by atoms with E-state index >= 15 is 0 Å². The highest BCUT2D eigenvalue weighted by atomic mass is 79.9. The predicted octanol–water partition coefficient (Wildman–Crippen LogP) is 2.38. The molecule has 0 aliphatic carbocycles. The molecule has 0 spiro atoms. The Balaban J connectivity index is 1.41. The van der Waals surface area contributed by atoms with Crippen LogP contribution in [0.3, 0.4) is 0 Å². The maximum absolute atomic E-state index is 11.9. The van der Waals surface area contributed by atoms with Crippen LogP contribution >= 0.6 is 15.9 Å². The quantitative estimate of drug-likeness (QED) is 0.573. The van der Waals surface area contributed by atoms with Crippen LogP contribution in [0, 0.1) is 0 Å². The number of amides is 2. The molecule has 2 N–H and O–H groups in total. The molecule has 0 atom stereocenters. The van der Waals surface area contributed by atoms with Gasteiger partial charge in [-0.3, -0.25) is 9.59 Å². The highest BCUT2D eigenvalue weighted by Crippen LogP contribution is 2.13. The highest BCUT2D eigenvalue weighted by molar-refractivity contribution is 9.10. The van der Waals surface area contributed by atoms with Crippen LogP contribution in [0.4, 0.5) is 0 Å². The molecule has 0 saturated heterocycles. The Morgan fingerprint density at radius 1 is 1.11 bits per heavy atom. The van der Waals surface area contributed by atoms with Crippen LogP contribution in [0.5, 0.6) is 0 Å². The van der Waals surface area contributed by atoms with Gasteiger partial charge in [-0.15, -0.1) is 0 Å². The lowest BCUT2D eigenvalue weighted by atomic mass is 10.2. The van der Waals surface area contributed by atoms with Crippen molar-refractivity contribution in [2.45, 2.75) is 13.0 Å². The Kier molecular flexibility index (Phi) is 6.43. The number of carbonyl (C=O) groups excluding carboxylic acids is 2. The number of halogens is 1. The van der Waals surface area contributed by atoms with Gasteiger partial charge in [-0.1, -0.05) is 30.3 Å². The molecule has 1 aromatic carbocycles. The third kappa shape index (κ3) is 5.55. The molecule has 0 aliphatic heterocycles. The van der Waals surface area contributed by atoms with Gasteiger partial charge in [-0.25, -0.2) is 4.98 Å². The Labute approximate surface area is 164 Å². The lowest BCUT2D eigenvalue weighted by molar-refractivity contribution is -0.120. The molecule has 140 valence electrons. The number of carbonyl (C=O) groups is 2. The molecule has 0 radical (unpaired) electrons. The summed E-state index contributed by atoms with van der Waals surface area (Å²) in [5.41, 5.74) is 1.19. The number of hydrogen-bond acceptors (Lipinski definition) is 4. The molecule has 0 aliphatic rings. The van der Waals surface area contributed by atoms with Crippen molar-refractivity contribution in [1.82, 2.24) is 20.2 Å². The molecular weight excluding hydrogens is 412 g/mol. The Hall–Kier alpha value is -2.87. The number of furan rings is 1. The van der Waals surface area contributed by atoms with Gasteiger partial charge in [0.15, 0.2) is 10.4 Å². The lowest BCUT2D eigenvalue weighted by Gasteiger charge is -2.09. The summed E-state index contributed by atoms with van der Waals surface area (Å²) in [4.78, 5) is 28.1. The van der Waals surface area contributed by atoms with Crippen LogP contribution in [0.15, 0.2) is 63.9 Å². The lowest BCUT2D eigenvalue weighted by Crippen LogP contribution is -2.37. The van der Waals surface area contributed by atoms with Gasteiger partial charge in [0, 0.05) is 31.9 Å². The van der Waals surface area contributed by atoms with Crippen LogP contribution in [-0.4, -0.2) is 34.5 Å². The molecule has 0 fully saturated rings. The molecule has 2 heterocycles. The zero-order valence-electron chi connectivity index (χ0n) is 14.5. The minimum atomic E-state index is -0.436. The first-order chi connectivity index (χ1) is 13.1. The van der Waals surface area contributed by atoms with Gasteiger partial charge in [-0.2, -0.15) is 0 Å². The van der Waals surface area contributed by atoms with Gasteiger partial charge >= 0.3 is 0 Å². The van der Waals surface area contributed by atoms with Crippen molar-refractivity contribution in [1.29, 1.82) is 0 Å². The molecule has 27 heavy (non-hydrogen) atoms. The van der Waals surface area contributed by atoms with Crippen LogP contribution in [-0.2, 0) is 17.8 Å². The second-order valence-corrected chi connectivity index (χ2v) is 6.62. The Morgan fingerprint density at radius 3 is 2.67 bits per heavy atom.